The lowest BCUT2D eigenvalue weighted by Gasteiger charge is -2.21. The van der Waals surface area contributed by atoms with Crippen LogP contribution in [0.4, 0.5) is 0 Å². The number of rotatable bonds is 5. The van der Waals surface area contributed by atoms with Crippen molar-refractivity contribution in [3.8, 4) is 67.2 Å². The van der Waals surface area contributed by atoms with E-state index in [1.165, 1.54) is 65.1 Å². The molecule has 0 amide bonds. The van der Waals surface area contributed by atoms with Gasteiger partial charge in [-0.25, -0.2) is 0 Å². The topological polar surface area (TPSA) is 13.1 Å². The molecule has 0 unspecified atom stereocenters. The van der Waals surface area contributed by atoms with Gasteiger partial charge in [0.2, 0.25) is 0 Å². The summed E-state index contributed by atoms with van der Waals surface area (Å²) < 4.78 is 6.55. The van der Waals surface area contributed by atoms with E-state index in [0.29, 0.717) is 0 Å². The Hall–Kier alpha value is -5.57. The van der Waals surface area contributed by atoms with E-state index in [1.54, 1.807) is 0 Å². The Labute approximate surface area is 272 Å². The normalized spacial score (nSPS) is 11.8. The van der Waals surface area contributed by atoms with Gasteiger partial charge in [-0.3, -0.25) is 0 Å². The summed E-state index contributed by atoms with van der Waals surface area (Å²) >= 11 is 1.85. The van der Waals surface area contributed by atoms with E-state index in [1.807, 2.05) is 11.8 Å². The minimum atomic E-state index is 0.867. The molecule has 1 aromatic heterocycles. The predicted octanol–water partition coefficient (Wildman–Crippen LogP) is 12.9. The van der Waals surface area contributed by atoms with Crippen molar-refractivity contribution in [1.29, 1.82) is 0 Å². The quantitative estimate of drug-likeness (QED) is 0.194. The van der Waals surface area contributed by atoms with Gasteiger partial charge in [0.05, 0.1) is 0 Å². The summed E-state index contributed by atoms with van der Waals surface area (Å²) in [6.45, 7) is 0. The van der Waals surface area contributed by atoms with Gasteiger partial charge in [0.1, 0.15) is 11.5 Å². The number of benzene rings is 7. The van der Waals surface area contributed by atoms with Gasteiger partial charge in [0.15, 0.2) is 0 Å². The van der Waals surface area contributed by atoms with E-state index in [2.05, 4.69) is 170 Å². The Balaban J connectivity index is 1.06. The van der Waals surface area contributed by atoms with Crippen molar-refractivity contribution in [3.63, 3.8) is 0 Å². The monoisotopic (exact) mass is 604 g/mol. The van der Waals surface area contributed by atoms with Crippen LogP contribution in [0.2, 0.25) is 0 Å². The fourth-order valence-electron chi connectivity index (χ4n) is 6.71. The van der Waals surface area contributed by atoms with Crippen molar-refractivity contribution in [2.75, 3.05) is 0 Å². The van der Waals surface area contributed by atoms with Gasteiger partial charge in [-0.05, 0) is 86.3 Å². The largest absolute Gasteiger partial charge is 0.456 e. The van der Waals surface area contributed by atoms with Crippen molar-refractivity contribution in [2.45, 2.75) is 9.79 Å². The van der Waals surface area contributed by atoms with Gasteiger partial charge < -0.3 is 4.42 Å². The average molecular weight is 605 g/mol. The fourth-order valence-corrected chi connectivity index (χ4v) is 7.84. The average Bonchev–Trinajstić information content (AvgIpc) is 3.63. The summed E-state index contributed by atoms with van der Waals surface area (Å²) in [6, 6.07) is 60.7. The molecule has 216 valence electrons. The third-order valence-corrected chi connectivity index (χ3v) is 10.1. The maximum absolute atomic E-state index is 6.55. The molecule has 9 rings (SSSR count). The van der Waals surface area contributed by atoms with Crippen LogP contribution in [0.1, 0.15) is 0 Å². The van der Waals surface area contributed by atoms with Gasteiger partial charge in [-0.2, -0.15) is 0 Å². The van der Waals surface area contributed by atoms with Crippen molar-refractivity contribution in [2.24, 2.45) is 0 Å². The van der Waals surface area contributed by atoms with Gasteiger partial charge in [0, 0.05) is 26.3 Å². The minimum Gasteiger partial charge on any atom is -0.456 e. The van der Waals surface area contributed by atoms with E-state index in [4.69, 9.17) is 4.42 Å². The van der Waals surface area contributed by atoms with Crippen molar-refractivity contribution in [1.82, 2.24) is 0 Å². The molecule has 1 nitrogen and oxygen atoms in total. The Kier molecular flexibility index (Phi) is 6.47. The first-order valence-electron chi connectivity index (χ1n) is 15.6. The van der Waals surface area contributed by atoms with E-state index < -0.39 is 0 Å². The van der Waals surface area contributed by atoms with Crippen molar-refractivity contribution in [3.05, 3.63) is 170 Å². The Bertz CT molecular complexity index is 2370. The first kappa shape index (κ1) is 26.8. The van der Waals surface area contributed by atoms with Crippen LogP contribution in [-0.4, -0.2) is 0 Å². The molecule has 7 aromatic carbocycles. The molecule has 0 aliphatic carbocycles. The Morgan fingerprint density at radius 3 is 1.76 bits per heavy atom. The first-order chi connectivity index (χ1) is 22.8. The molecule has 8 aromatic rings. The van der Waals surface area contributed by atoms with Crippen LogP contribution >= 0.6 is 11.8 Å². The van der Waals surface area contributed by atoms with Gasteiger partial charge in [-0.1, -0.05) is 145 Å². The maximum Gasteiger partial charge on any atom is 0.135 e. The van der Waals surface area contributed by atoms with Crippen molar-refractivity contribution >= 4 is 22.5 Å². The summed E-state index contributed by atoms with van der Waals surface area (Å²) in [5, 5.41) is 2.53. The molecule has 2 heterocycles. The summed E-state index contributed by atoms with van der Waals surface area (Å²) in [6.07, 6.45) is 0. The summed E-state index contributed by atoms with van der Waals surface area (Å²) in [5.41, 5.74) is 12.0. The molecule has 0 saturated heterocycles. The van der Waals surface area contributed by atoms with Gasteiger partial charge in [0.25, 0.3) is 0 Å². The highest BCUT2D eigenvalue weighted by Crippen LogP contribution is 2.49. The van der Waals surface area contributed by atoms with Crippen LogP contribution in [0.15, 0.2) is 184 Å². The third kappa shape index (κ3) is 4.58. The molecular weight excluding hydrogens is 577 g/mol. The van der Waals surface area contributed by atoms with E-state index in [0.717, 1.165) is 22.6 Å². The third-order valence-electron chi connectivity index (χ3n) is 8.96. The fraction of sp³-hybridized carbons (Fsp3) is 0. The van der Waals surface area contributed by atoms with E-state index >= 15 is 0 Å². The smallest absolute Gasteiger partial charge is 0.135 e. The lowest BCUT2D eigenvalue weighted by atomic mass is 9.91. The van der Waals surface area contributed by atoms with Gasteiger partial charge >= 0.3 is 0 Å². The second-order valence-corrected chi connectivity index (χ2v) is 12.8. The zero-order valence-corrected chi connectivity index (χ0v) is 25.8. The predicted molar refractivity (Wildman–Crippen MR) is 193 cm³/mol. The highest BCUT2D eigenvalue weighted by atomic mass is 32.2. The SMILES string of the molecule is c1ccc(-c2ccc(-c3ccc(-c4ccc(-c5ccc6c7c(cccc57)-c5ccccc5S6)o4)cc3)cc2-c2ccccc2)cc1. The zero-order valence-electron chi connectivity index (χ0n) is 25.0. The summed E-state index contributed by atoms with van der Waals surface area (Å²) in [7, 11) is 0. The molecule has 1 aliphatic rings. The van der Waals surface area contributed by atoms with E-state index in [9.17, 15) is 0 Å². The molecule has 0 spiro atoms. The minimum absolute atomic E-state index is 0.867. The van der Waals surface area contributed by atoms with Crippen LogP contribution < -0.4 is 0 Å². The number of furan rings is 1. The molecule has 0 radical (unpaired) electrons. The second-order valence-electron chi connectivity index (χ2n) is 11.7. The Morgan fingerprint density at radius 2 is 0.957 bits per heavy atom. The van der Waals surface area contributed by atoms with Gasteiger partial charge in [-0.15, -0.1) is 0 Å². The lowest BCUT2D eigenvalue weighted by molar-refractivity contribution is 0.598. The van der Waals surface area contributed by atoms with Crippen LogP contribution in [0.25, 0.3) is 77.9 Å². The molecule has 0 bridgehead atoms. The molecule has 0 atom stereocenters. The molecular formula is C44H28OS. The number of hydrogen-bond acceptors (Lipinski definition) is 2. The molecule has 0 saturated carbocycles. The number of fused-ring (bicyclic) bond motifs is 2. The maximum atomic E-state index is 6.55. The molecule has 1 aliphatic heterocycles. The lowest BCUT2D eigenvalue weighted by Crippen LogP contribution is -1.93. The van der Waals surface area contributed by atoms with Crippen LogP contribution in [0.3, 0.4) is 0 Å². The van der Waals surface area contributed by atoms with Crippen LogP contribution in [-0.2, 0) is 0 Å². The molecule has 2 heteroatoms. The first-order valence-corrected chi connectivity index (χ1v) is 16.4. The van der Waals surface area contributed by atoms with Crippen LogP contribution in [0.5, 0.6) is 0 Å². The number of hydrogen-bond donors (Lipinski definition) is 0. The summed E-state index contributed by atoms with van der Waals surface area (Å²) in [5.74, 6) is 1.75. The summed E-state index contributed by atoms with van der Waals surface area (Å²) in [4.78, 5) is 2.60. The Morgan fingerprint density at radius 1 is 0.326 bits per heavy atom. The standard InChI is InChI=1S/C44H28OS/c1-3-10-30(11-4-1)34-23-22-33(28-39(34)31-12-5-2-6-13-31)29-18-20-32(21-19-29)40-25-26-41(45-40)35-24-27-43-44-37(35)15-9-16-38(44)36-14-7-8-17-42(36)46-43/h1-28H. The molecule has 0 fully saturated rings. The highest BCUT2D eigenvalue weighted by molar-refractivity contribution is 7.99. The second kappa shape index (κ2) is 11.1. The molecule has 46 heavy (non-hydrogen) atoms. The molecule has 0 N–H and O–H groups in total. The highest BCUT2D eigenvalue weighted by Gasteiger charge is 2.21. The van der Waals surface area contributed by atoms with Crippen molar-refractivity contribution < 1.29 is 4.42 Å². The zero-order chi connectivity index (χ0) is 30.5. The van der Waals surface area contributed by atoms with Crippen LogP contribution in [0, 0.1) is 0 Å². The van der Waals surface area contributed by atoms with E-state index in [-0.39, 0.29) is 0 Å².